The Bertz CT molecular complexity index is 521. The zero-order chi connectivity index (χ0) is 12.3. The first-order chi connectivity index (χ1) is 8.22. The number of fused-ring (bicyclic) bond motifs is 1. The summed E-state index contributed by atoms with van der Waals surface area (Å²) in [6.45, 7) is 4.13. The van der Waals surface area contributed by atoms with Crippen LogP contribution in [0.15, 0.2) is 24.3 Å². The molecule has 0 N–H and O–H groups in total. The van der Waals surface area contributed by atoms with Gasteiger partial charge in [0.05, 0.1) is 24.6 Å². The summed E-state index contributed by atoms with van der Waals surface area (Å²) in [5.74, 6) is -0.209. The van der Waals surface area contributed by atoms with E-state index < -0.39 is 0 Å². The fourth-order valence-corrected chi connectivity index (χ4v) is 1.76. The molecule has 17 heavy (non-hydrogen) atoms. The van der Waals surface area contributed by atoms with E-state index in [-0.39, 0.29) is 12.0 Å². The predicted molar refractivity (Wildman–Crippen MR) is 63.5 cm³/mol. The Balaban J connectivity index is 2.19. The molecule has 5 heteroatoms. The molecule has 1 aromatic heterocycles. The van der Waals surface area contributed by atoms with Crippen LogP contribution in [0.3, 0.4) is 0 Å². The predicted octanol–water partition coefficient (Wildman–Crippen LogP) is 1.95. The van der Waals surface area contributed by atoms with Gasteiger partial charge in [0.25, 0.3) is 0 Å². The van der Waals surface area contributed by atoms with Gasteiger partial charge in [-0.3, -0.25) is 4.79 Å². The molecule has 0 aliphatic carbocycles. The first-order valence-corrected chi connectivity index (χ1v) is 5.68. The van der Waals surface area contributed by atoms with E-state index in [4.69, 9.17) is 4.74 Å². The minimum Gasteiger partial charge on any atom is -0.466 e. The number of carbonyl (C=O) groups excluding carboxylic acids is 1. The maximum atomic E-state index is 11.4. The van der Waals surface area contributed by atoms with Crippen molar-refractivity contribution in [2.75, 3.05) is 6.61 Å². The van der Waals surface area contributed by atoms with Crippen LogP contribution in [0.2, 0.25) is 0 Å². The highest BCUT2D eigenvalue weighted by Gasteiger charge is 2.15. The second kappa shape index (κ2) is 4.95. The number of nitrogens with zero attached hydrogens (tertiary/aromatic N) is 3. The van der Waals surface area contributed by atoms with Gasteiger partial charge in [-0.1, -0.05) is 17.3 Å². The Kier molecular flexibility index (Phi) is 3.37. The monoisotopic (exact) mass is 233 g/mol. The van der Waals surface area contributed by atoms with Crippen molar-refractivity contribution in [3.05, 3.63) is 24.3 Å². The highest BCUT2D eigenvalue weighted by Crippen LogP contribution is 2.17. The van der Waals surface area contributed by atoms with Gasteiger partial charge in [-0.15, -0.1) is 5.10 Å². The van der Waals surface area contributed by atoms with Crippen molar-refractivity contribution < 1.29 is 9.53 Å². The lowest BCUT2D eigenvalue weighted by atomic mass is 10.2. The Labute approximate surface area is 99.4 Å². The van der Waals surface area contributed by atoms with Gasteiger partial charge in [-0.2, -0.15) is 0 Å². The molecule has 0 radical (unpaired) electrons. The van der Waals surface area contributed by atoms with Gasteiger partial charge in [0.2, 0.25) is 0 Å². The third-order valence-corrected chi connectivity index (χ3v) is 2.56. The third kappa shape index (κ3) is 2.43. The van der Waals surface area contributed by atoms with Crippen LogP contribution >= 0.6 is 0 Å². The number of carbonyl (C=O) groups is 1. The number of aromatic nitrogens is 3. The molecule has 0 amide bonds. The Hall–Kier alpha value is -1.91. The summed E-state index contributed by atoms with van der Waals surface area (Å²) in [4.78, 5) is 11.4. The zero-order valence-corrected chi connectivity index (χ0v) is 9.96. The van der Waals surface area contributed by atoms with Gasteiger partial charge in [-0.05, 0) is 26.0 Å². The molecule has 1 unspecified atom stereocenters. The van der Waals surface area contributed by atoms with Gasteiger partial charge in [0.1, 0.15) is 5.52 Å². The number of hydrogen-bond donors (Lipinski definition) is 0. The van der Waals surface area contributed by atoms with Gasteiger partial charge in [0, 0.05) is 0 Å². The van der Waals surface area contributed by atoms with Crippen LogP contribution in [0.1, 0.15) is 26.3 Å². The van der Waals surface area contributed by atoms with Crippen molar-refractivity contribution in [2.24, 2.45) is 0 Å². The molecule has 0 aliphatic heterocycles. The van der Waals surface area contributed by atoms with Gasteiger partial charge in [-0.25, -0.2) is 4.68 Å². The van der Waals surface area contributed by atoms with Crippen molar-refractivity contribution in [1.82, 2.24) is 15.0 Å². The molecule has 0 fully saturated rings. The van der Waals surface area contributed by atoms with Crippen LogP contribution in [0.4, 0.5) is 0 Å². The summed E-state index contributed by atoms with van der Waals surface area (Å²) in [7, 11) is 0. The van der Waals surface area contributed by atoms with Crippen LogP contribution in [0.5, 0.6) is 0 Å². The molecule has 0 saturated heterocycles. The summed E-state index contributed by atoms with van der Waals surface area (Å²) in [5, 5.41) is 8.12. The summed E-state index contributed by atoms with van der Waals surface area (Å²) in [5.41, 5.74) is 1.77. The van der Waals surface area contributed by atoms with Crippen molar-refractivity contribution in [1.29, 1.82) is 0 Å². The molecular weight excluding hydrogens is 218 g/mol. The average molecular weight is 233 g/mol. The summed E-state index contributed by atoms with van der Waals surface area (Å²) < 4.78 is 6.68. The normalized spacial score (nSPS) is 12.6. The maximum absolute atomic E-state index is 11.4. The number of rotatable bonds is 4. The van der Waals surface area contributed by atoms with E-state index in [2.05, 4.69) is 10.3 Å². The highest BCUT2D eigenvalue weighted by atomic mass is 16.5. The number of hydrogen-bond acceptors (Lipinski definition) is 4. The Morgan fingerprint density at radius 1 is 1.47 bits per heavy atom. The molecule has 1 heterocycles. The largest absolute Gasteiger partial charge is 0.466 e. The van der Waals surface area contributed by atoms with E-state index in [1.54, 1.807) is 11.6 Å². The standard InChI is InChI=1S/C12H15N3O2/c1-3-17-12(16)8-9(2)15-11-7-5-4-6-10(11)13-14-15/h4-7,9H,3,8H2,1-2H3. The molecule has 0 bridgehead atoms. The fourth-order valence-electron chi connectivity index (χ4n) is 1.76. The lowest BCUT2D eigenvalue weighted by molar-refractivity contribution is -0.143. The molecule has 90 valence electrons. The van der Waals surface area contributed by atoms with Gasteiger partial charge >= 0.3 is 5.97 Å². The minimum atomic E-state index is -0.209. The van der Waals surface area contributed by atoms with Crippen LogP contribution in [-0.2, 0) is 9.53 Å². The average Bonchev–Trinajstić information content (AvgIpc) is 2.72. The molecular formula is C12H15N3O2. The first kappa shape index (κ1) is 11.6. The van der Waals surface area contributed by atoms with Crippen molar-refractivity contribution in [3.8, 4) is 0 Å². The summed E-state index contributed by atoms with van der Waals surface area (Å²) in [6.07, 6.45) is 0.307. The lowest BCUT2D eigenvalue weighted by Gasteiger charge is -2.11. The number of benzene rings is 1. The Morgan fingerprint density at radius 3 is 3.00 bits per heavy atom. The molecule has 5 nitrogen and oxygen atoms in total. The molecule has 1 atom stereocenters. The highest BCUT2D eigenvalue weighted by molar-refractivity contribution is 5.75. The lowest BCUT2D eigenvalue weighted by Crippen LogP contribution is -2.14. The molecule has 2 aromatic rings. The van der Waals surface area contributed by atoms with E-state index >= 15 is 0 Å². The third-order valence-electron chi connectivity index (χ3n) is 2.56. The van der Waals surface area contributed by atoms with E-state index in [9.17, 15) is 4.79 Å². The van der Waals surface area contributed by atoms with E-state index in [1.165, 1.54) is 0 Å². The zero-order valence-electron chi connectivity index (χ0n) is 9.96. The topological polar surface area (TPSA) is 57.0 Å². The molecule has 0 spiro atoms. The van der Waals surface area contributed by atoms with E-state index in [1.807, 2.05) is 31.2 Å². The second-order valence-corrected chi connectivity index (χ2v) is 3.88. The van der Waals surface area contributed by atoms with Crippen LogP contribution in [0.25, 0.3) is 11.0 Å². The van der Waals surface area contributed by atoms with Crippen molar-refractivity contribution in [2.45, 2.75) is 26.3 Å². The number of para-hydroxylation sites is 1. The van der Waals surface area contributed by atoms with Crippen molar-refractivity contribution >= 4 is 17.0 Å². The van der Waals surface area contributed by atoms with Crippen LogP contribution < -0.4 is 0 Å². The number of esters is 1. The van der Waals surface area contributed by atoms with Crippen LogP contribution in [0, 0.1) is 0 Å². The Morgan fingerprint density at radius 2 is 2.24 bits per heavy atom. The summed E-state index contributed by atoms with van der Waals surface area (Å²) >= 11 is 0. The first-order valence-electron chi connectivity index (χ1n) is 5.68. The molecule has 1 aromatic carbocycles. The number of ether oxygens (including phenoxy) is 1. The van der Waals surface area contributed by atoms with Crippen molar-refractivity contribution in [3.63, 3.8) is 0 Å². The summed E-state index contributed by atoms with van der Waals surface area (Å²) in [6, 6.07) is 7.63. The maximum Gasteiger partial charge on any atom is 0.307 e. The molecule has 0 aliphatic rings. The molecule has 0 saturated carbocycles. The smallest absolute Gasteiger partial charge is 0.307 e. The van der Waals surface area contributed by atoms with Crippen LogP contribution in [-0.4, -0.2) is 27.6 Å². The van der Waals surface area contributed by atoms with Gasteiger partial charge in [0.15, 0.2) is 0 Å². The fraction of sp³-hybridized carbons (Fsp3) is 0.417. The van der Waals surface area contributed by atoms with E-state index in [0.717, 1.165) is 11.0 Å². The minimum absolute atomic E-state index is 0.0542. The van der Waals surface area contributed by atoms with Gasteiger partial charge < -0.3 is 4.74 Å². The second-order valence-electron chi connectivity index (χ2n) is 3.88. The SMILES string of the molecule is CCOC(=O)CC(C)n1nnc2ccccc21. The molecule has 2 rings (SSSR count). The van der Waals surface area contributed by atoms with E-state index in [0.29, 0.717) is 13.0 Å². The quantitative estimate of drug-likeness (QED) is 0.757.